The van der Waals surface area contributed by atoms with Crippen LogP contribution in [0, 0.1) is 11.3 Å². The molecule has 1 fully saturated rings. The van der Waals surface area contributed by atoms with E-state index in [1.807, 2.05) is 0 Å². The molecule has 0 aliphatic heterocycles. The first-order valence-corrected chi connectivity index (χ1v) is 6.46. The summed E-state index contributed by atoms with van der Waals surface area (Å²) in [6, 6.07) is 0. The van der Waals surface area contributed by atoms with Gasteiger partial charge in [-0.2, -0.15) is 0 Å². The van der Waals surface area contributed by atoms with Crippen LogP contribution < -0.4 is 5.73 Å². The zero-order valence-corrected chi connectivity index (χ0v) is 10.4. The van der Waals surface area contributed by atoms with Gasteiger partial charge in [0, 0.05) is 13.2 Å². The summed E-state index contributed by atoms with van der Waals surface area (Å²) in [6.45, 7) is 7.15. The molecule has 0 aromatic heterocycles. The molecule has 2 nitrogen and oxygen atoms in total. The van der Waals surface area contributed by atoms with Crippen LogP contribution >= 0.6 is 0 Å². The smallest absolute Gasteiger partial charge is 0.0471 e. The SMILES string of the molecule is CC(C)CCOCCC1(CN)CCCC1. The fourth-order valence-corrected chi connectivity index (χ4v) is 2.39. The maximum Gasteiger partial charge on any atom is 0.0471 e. The minimum Gasteiger partial charge on any atom is -0.381 e. The predicted molar refractivity (Wildman–Crippen MR) is 64.8 cm³/mol. The van der Waals surface area contributed by atoms with Crippen LogP contribution in [0.25, 0.3) is 0 Å². The highest BCUT2D eigenvalue weighted by Gasteiger charge is 2.31. The van der Waals surface area contributed by atoms with Crippen LogP contribution in [0.5, 0.6) is 0 Å². The van der Waals surface area contributed by atoms with Crippen molar-refractivity contribution in [1.29, 1.82) is 0 Å². The first-order valence-electron chi connectivity index (χ1n) is 6.46. The molecule has 0 spiro atoms. The van der Waals surface area contributed by atoms with Gasteiger partial charge in [0.2, 0.25) is 0 Å². The van der Waals surface area contributed by atoms with Gasteiger partial charge in [-0.15, -0.1) is 0 Å². The van der Waals surface area contributed by atoms with E-state index < -0.39 is 0 Å². The highest BCUT2D eigenvalue weighted by atomic mass is 16.5. The summed E-state index contributed by atoms with van der Waals surface area (Å²) in [5.74, 6) is 0.750. The first-order chi connectivity index (χ1) is 7.18. The molecule has 0 aromatic carbocycles. The molecule has 15 heavy (non-hydrogen) atoms. The van der Waals surface area contributed by atoms with Crippen LogP contribution in [0.4, 0.5) is 0 Å². The number of nitrogens with two attached hydrogens (primary N) is 1. The molecule has 1 aliphatic carbocycles. The van der Waals surface area contributed by atoms with Gasteiger partial charge < -0.3 is 10.5 Å². The lowest BCUT2D eigenvalue weighted by atomic mass is 9.83. The Labute approximate surface area is 94.6 Å². The normalized spacial score (nSPS) is 20.0. The van der Waals surface area contributed by atoms with Crippen molar-refractivity contribution >= 4 is 0 Å². The topological polar surface area (TPSA) is 35.2 Å². The predicted octanol–water partition coefficient (Wildman–Crippen LogP) is 2.96. The summed E-state index contributed by atoms with van der Waals surface area (Å²) in [6.07, 6.45) is 7.71. The molecular weight excluding hydrogens is 186 g/mol. The van der Waals surface area contributed by atoms with E-state index in [0.29, 0.717) is 5.41 Å². The average Bonchev–Trinajstić information content (AvgIpc) is 2.66. The highest BCUT2D eigenvalue weighted by Crippen LogP contribution is 2.39. The molecule has 0 amide bonds. The van der Waals surface area contributed by atoms with Gasteiger partial charge in [0.25, 0.3) is 0 Å². The summed E-state index contributed by atoms with van der Waals surface area (Å²) in [5, 5.41) is 0. The molecule has 1 saturated carbocycles. The van der Waals surface area contributed by atoms with Crippen molar-refractivity contribution in [2.24, 2.45) is 17.1 Å². The van der Waals surface area contributed by atoms with Crippen molar-refractivity contribution < 1.29 is 4.74 Å². The van der Waals surface area contributed by atoms with Crippen LogP contribution in [0.15, 0.2) is 0 Å². The van der Waals surface area contributed by atoms with Gasteiger partial charge >= 0.3 is 0 Å². The maximum absolute atomic E-state index is 5.88. The van der Waals surface area contributed by atoms with E-state index in [9.17, 15) is 0 Å². The van der Waals surface area contributed by atoms with E-state index in [4.69, 9.17) is 10.5 Å². The summed E-state index contributed by atoms with van der Waals surface area (Å²) in [4.78, 5) is 0. The zero-order chi connectivity index (χ0) is 11.1. The van der Waals surface area contributed by atoms with E-state index in [0.717, 1.165) is 25.7 Å². The van der Waals surface area contributed by atoms with E-state index >= 15 is 0 Å². The Kier molecular flexibility index (Phi) is 5.62. The molecule has 0 unspecified atom stereocenters. The largest absolute Gasteiger partial charge is 0.381 e. The fraction of sp³-hybridized carbons (Fsp3) is 1.00. The molecule has 1 aliphatic rings. The Bertz CT molecular complexity index is 162. The third kappa shape index (κ3) is 4.52. The standard InChI is InChI=1S/C13H27NO/c1-12(2)5-9-15-10-8-13(11-14)6-3-4-7-13/h12H,3-11,14H2,1-2H3. The lowest BCUT2D eigenvalue weighted by Crippen LogP contribution is -2.28. The summed E-state index contributed by atoms with van der Waals surface area (Å²) >= 11 is 0. The lowest BCUT2D eigenvalue weighted by Gasteiger charge is -2.26. The van der Waals surface area contributed by atoms with Crippen molar-refractivity contribution in [3.05, 3.63) is 0 Å². The Morgan fingerprint density at radius 1 is 1.20 bits per heavy atom. The Hall–Kier alpha value is -0.0800. The molecule has 90 valence electrons. The second kappa shape index (κ2) is 6.49. The molecule has 0 radical (unpaired) electrons. The van der Waals surface area contributed by atoms with E-state index in [1.165, 1.54) is 38.5 Å². The zero-order valence-electron chi connectivity index (χ0n) is 10.4. The van der Waals surface area contributed by atoms with Crippen molar-refractivity contribution in [2.45, 2.75) is 52.4 Å². The number of rotatable bonds is 7. The Morgan fingerprint density at radius 3 is 2.40 bits per heavy atom. The molecule has 0 atom stereocenters. The molecule has 0 saturated heterocycles. The second-order valence-electron chi connectivity index (χ2n) is 5.46. The van der Waals surface area contributed by atoms with Crippen LogP contribution in [0.3, 0.4) is 0 Å². The van der Waals surface area contributed by atoms with Crippen molar-refractivity contribution in [2.75, 3.05) is 19.8 Å². The van der Waals surface area contributed by atoms with Crippen molar-refractivity contribution in [3.8, 4) is 0 Å². The second-order valence-corrected chi connectivity index (χ2v) is 5.46. The van der Waals surface area contributed by atoms with Gasteiger partial charge in [-0.3, -0.25) is 0 Å². The van der Waals surface area contributed by atoms with Crippen LogP contribution in [-0.2, 0) is 4.74 Å². The quantitative estimate of drug-likeness (QED) is 0.660. The van der Waals surface area contributed by atoms with Gasteiger partial charge in [-0.25, -0.2) is 0 Å². The third-order valence-corrected chi connectivity index (χ3v) is 3.71. The summed E-state index contributed by atoms with van der Waals surface area (Å²) < 4.78 is 5.68. The number of ether oxygens (including phenoxy) is 1. The Morgan fingerprint density at radius 2 is 1.87 bits per heavy atom. The molecule has 1 rings (SSSR count). The van der Waals surface area contributed by atoms with E-state index in [1.54, 1.807) is 0 Å². The van der Waals surface area contributed by atoms with E-state index in [2.05, 4.69) is 13.8 Å². The maximum atomic E-state index is 5.88. The van der Waals surface area contributed by atoms with Gasteiger partial charge in [-0.05, 0) is 43.6 Å². The summed E-state index contributed by atoms with van der Waals surface area (Å²) in [7, 11) is 0. The van der Waals surface area contributed by atoms with Crippen molar-refractivity contribution in [3.63, 3.8) is 0 Å². The van der Waals surface area contributed by atoms with Crippen LogP contribution in [0.2, 0.25) is 0 Å². The van der Waals surface area contributed by atoms with Crippen LogP contribution in [0.1, 0.15) is 52.4 Å². The van der Waals surface area contributed by atoms with Gasteiger partial charge in [0.1, 0.15) is 0 Å². The number of hydrogen-bond donors (Lipinski definition) is 1. The van der Waals surface area contributed by atoms with Gasteiger partial charge in [-0.1, -0.05) is 26.7 Å². The van der Waals surface area contributed by atoms with Gasteiger partial charge in [0.15, 0.2) is 0 Å². The molecular formula is C13H27NO. The van der Waals surface area contributed by atoms with E-state index in [-0.39, 0.29) is 0 Å². The minimum atomic E-state index is 0.428. The highest BCUT2D eigenvalue weighted by molar-refractivity contribution is 4.85. The van der Waals surface area contributed by atoms with Crippen LogP contribution in [-0.4, -0.2) is 19.8 Å². The minimum absolute atomic E-state index is 0.428. The molecule has 0 aromatic rings. The molecule has 2 N–H and O–H groups in total. The van der Waals surface area contributed by atoms with Gasteiger partial charge in [0.05, 0.1) is 0 Å². The first kappa shape index (κ1) is 13.0. The number of hydrogen-bond acceptors (Lipinski definition) is 2. The summed E-state index contributed by atoms with van der Waals surface area (Å²) in [5.41, 5.74) is 6.30. The van der Waals surface area contributed by atoms with Crippen molar-refractivity contribution in [1.82, 2.24) is 0 Å². The third-order valence-electron chi connectivity index (χ3n) is 3.71. The fourth-order valence-electron chi connectivity index (χ4n) is 2.39. The monoisotopic (exact) mass is 213 g/mol. The lowest BCUT2D eigenvalue weighted by molar-refractivity contribution is 0.0898. The molecule has 0 bridgehead atoms. The molecule has 2 heteroatoms. The molecule has 0 heterocycles. The average molecular weight is 213 g/mol. The Balaban J connectivity index is 2.07.